The zero-order valence-electron chi connectivity index (χ0n) is 12.2. The summed E-state index contributed by atoms with van der Waals surface area (Å²) in [5.74, 6) is 0.699. The molecule has 0 radical (unpaired) electrons. The van der Waals surface area contributed by atoms with E-state index in [0.717, 1.165) is 5.56 Å². The second kappa shape index (κ2) is 5.92. The van der Waals surface area contributed by atoms with E-state index in [9.17, 15) is 8.42 Å². The van der Waals surface area contributed by atoms with Crippen LogP contribution in [0.5, 0.6) is 5.75 Å². The van der Waals surface area contributed by atoms with E-state index < -0.39 is 14.6 Å². The lowest BCUT2D eigenvalue weighted by Gasteiger charge is -2.34. The highest BCUT2D eigenvalue weighted by molar-refractivity contribution is 7.92. The molecular weight excluding hydrogens is 262 g/mol. The lowest BCUT2D eigenvalue weighted by Crippen LogP contribution is -2.45. The second-order valence-corrected chi connectivity index (χ2v) is 7.70. The molecule has 5 heteroatoms. The van der Waals surface area contributed by atoms with Gasteiger partial charge < -0.3 is 10.1 Å². The third-order valence-corrected chi connectivity index (χ3v) is 5.66. The zero-order chi connectivity index (χ0) is 14.7. The van der Waals surface area contributed by atoms with Crippen molar-refractivity contribution < 1.29 is 13.2 Å². The highest BCUT2D eigenvalue weighted by atomic mass is 32.2. The first kappa shape index (κ1) is 16.0. The fourth-order valence-electron chi connectivity index (χ4n) is 2.05. The minimum Gasteiger partial charge on any atom is -0.496 e. The number of para-hydroxylation sites is 1. The molecule has 1 unspecified atom stereocenters. The molecule has 0 saturated heterocycles. The molecule has 4 nitrogen and oxygen atoms in total. The van der Waals surface area contributed by atoms with Crippen LogP contribution in [0.1, 0.15) is 32.4 Å². The number of sulfone groups is 1. The zero-order valence-corrected chi connectivity index (χ0v) is 13.0. The largest absolute Gasteiger partial charge is 0.496 e. The third kappa shape index (κ3) is 3.28. The topological polar surface area (TPSA) is 55.4 Å². The molecule has 1 aromatic carbocycles. The van der Waals surface area contributed by atoms with Crippen molar-refractivity contribution in [3.8, 4) is 5.75 Å². The number of nitrogens with one attached hydrogen (secondary N) is 1. The van der Waals surface area contributed by atoms with Gasteiger partial charge in [-0.2, -0.15) is 0 Å². The average Bonchev–Trinajstić information content (AvgIpc) is 2.34. The fourth-order valence-corrected chi connectivity index (χ4v) is 2.69. The molecule has 1 atom stereocenters. The van der Waals surface area contributed by atoms with Crippen molar-refractivity contribution in [2.24, 2.45) is 0 Å². The summed E-state index contributed by atoms with van der Waals surface area (Å²) in [5.41, 5.74) is 0.863. The maximum atomic E-state index is 12.1. The van der Waals surface area contributed by atoms with Crippen LogP contribution in [0.3, 0.4) is 0 Å². The molecular formula is C14H23NO3S. The molecule has 0 aliphatic heterocycles. The van der Waals surface area contributed by atoms with E-state index in [-0.39, 0.29) is 6.04 Å². The normalized spacial score (nSPS) is 14.2. The Morgan fingerprint density at radius 1 is 1.32 bits per heavy atom. The number of methoxy groups -OCH3 is 1. The van der Waals surface area contributed by atoms with Crippen LogP contribution in [-0.4, -0.2) is 33.1 Å². The van der Waals surface area contributed by atoms with Crippen molar-refractivity contribution in [3.63, 3.8) is 0 Å². The Hall–Kier alpha value is -1.07. The van der Waals surface area contributed by atoms with Crippen LogP contribution < -0.4 is 10.1 Å². The van der Waals surface area contributed by atoms with E-state index in [0.29, 0.717) is 12.3 Å². The molecule has 1 aromatic rings. The Kier molecular flexibility index (Phi) is 4.98. The number of hydrogen-bond donors (Lipinski definition) is 1. The van der Waals surface area contributed by atoms with Gasteiger partial charge in [0, 0.05) is 11.8 Å². The maximum absolute atomic E-state index is 12.1. The average molecular weight is 285 g/mol. The van der Waals surface area contributed by atoms with Gasteiger partial charge >= 0.3 is 0 Å². The van der Waals surface area contributed by atoms with Crippen LogP contribution in [0.4, 0.5) is 0 Å². The monoisotopic (exact) mass is 285 g/mol. The van der Waals surface area contributed by atoms with Gasteiger partial charge in [-0.1, -0.05) is 25.1 Å². The van der Waals surface area contributed by atoms with Gasteiger partial charge in [-0.3, -0.25) is 0 Å². The quantitative estimate of drug-likeness (QED) is 0.870. The fraction of sp³-hybridized carbons (Fsp3) is 0.571. The van der Waals surface area contributed by atoms with Crippen molar-refractivity contribution in [2.45, 2.75) is 31.6 Å². The lowest BCUT2D eigenvalue weighted by molar-refractivity contribution is 0.379. The standard InChI is InChI=1S/C14H23NO3S/c1-6-15-13(14(2,3)19(5,16)17)11-9-7-8-10-12(11)18-4/h7-10,13,15H,6H2,1-5H3. The predicted molar refractivity (Wildman–Crippen MR) is 78.3 cm³/mol. The summed E-state index contributed by atoms with van der Waals surface area (Å²) >= 11 is 0. The minimum atomic E-state index is -3.21. The van der Waals surface area contributed by atoms with Gasteiger partial charge in [-0.15, -0.1) is 0 Å². The van der Waals surface area contributed by atoms with Gasteiger partial charge in [0.2, 0.25) is 0 Å². The van der Waals surface area contributed by atoms with Gasteiger partial charge in [-0.05, 0) is 26.5 Å². The molecule has 0 heterocycles. The summed E-state index contributed by atoms with van der Waals surface area (Å²) in [4.78, 5) is 0. The van der Waals surface area contributed by atoms with Crippen LogP contribution in [0.25, 0.3) is 0 Å². The van der Waals surface area contributed by atoms with Crippen molar-refractivity contribution >= 4 is 9.84 Å². The van der Waals surface area contributed by atoms with E-state index in [1.807, 2.05) is 31.2 Å². The van der Waals surface area contributed by atoms with E-state index in [4.69, 9.17) is 4.74 Å². The van der Waals surface area contributed by atoms with Crippen molar-refractivity contribution in [1.29, 1.82) is 0 Å². The molecule has 108 valence electrons. The Balaban J connectivity index is 3.36. The first-order valence-corrected chi connectivity index (χ1v) is 8.20. The molecule has 1 N–H and O–H groups in total. The van der Waals surface area contributed by atoms with Crippen LogP contribution in [0.15, 0.2) is 24.3 Å². The molecule has 19 heavy (non-hydrogen) atoms. The van der Waals surface area contributed by atoms with Crippen molar-refractivity contribution in [1.82, 2.24) is 5.32 Å². The van der Waals surface area contributed by atoms with E-state index in [2.05, 4.69) is 5.32 Å². The van der Waals surface area contributed by atoms with Crippen molar-refractivity contribution in [3.05, 3.63) is 29.8 Å². The first-order valence-electron chi connectivity index (χ1n) is 6.31. The molecule has 0 aliphatic carbocycles. The molecule has 0 amide bonds. The molecule has 1 rings (SSSR count). The summed E-state index contributed by atoms with van der Waals surface area (Å²) in [7, 11) is -1.62. The van der Waals surface area contributed by atoms with Crippen LogP contribution in [-0.2, 0) is 9.84 Å². The third-order valence-electron chi connectivity index (χ3n) is 3.51. The van der Waals surface area contributed by atoms with Gasteiger partial charge in [0.05, 0.1) is 17.9 Å². The van der Waals surface area contributed by atoms with Gasteiger partial charge in [0.25, 0.3) is 0 Å². The lowest BCUT2D eigenvalue weighted by atomic mass is 9.94. The van der Waals surface area contributed by atoms with Gasteiger partial charge in [0.1, 0.15) is 5.75 Å². The van der Waals surface area contributed by atoms with Gasteiger partial charge in [-0.25, -0.2) is 8.42 Å². The SMILES string of the molecule is CCNC(c1ccccc1OC)C(C)(C)S(C)(=O)=O. The highest BCUT2D eigenvalue weighted by Gasteiger charge is 2.40. The van der Waals surface area contributed by atoms with E-state index >= 15 is 0 Å². The number of rotatable bonds is 6. The molecule has 0 aliphatic rings. The summed E-state index contributed by atoms with van der Waals surface area (Å²) in [6.07, 6.45) is 1.27. The molecule has 0 fully saturated rings. The van der Waals surface area contributed by atoms with Crippen molar-refractivity contribution in [2.75, 3.05) is 19.9 Å². The predicted octanol–water partition coefficient (Wildman–Crippen LogP) is 2.17. The summed E-state index contributed by atoms with van der Waals surface area (Å²) in [6.45, 7) is 6.12. The summed E-state index contributed by atoms with van der Waals surface area (Å²) < 4.78 is 28.5. The number of hydrogen-bond acceptors (Lipinski definition) is 4. The Morgan fingerprint density at radius 3 is 2.37 bits per heavy atom. The maximum Gasteiger partial charge on any atom is 0.154 e. The highest BCUT2D eigenvalue weighted by Crippen LogP contribution is 2.36. The summed E-state index contributed by atoms with van der Waals surface area (Å²) in [6, 6.07) is 7.19. The Labute approximate surface area is 116 Å². The van der Waals surface area contributed by atoms with Crippen LogP contribution in [0, 0.1) is 0 Å². The van der Waals surface area contributed by atoms with Crippen LogP contribution in [0.2, 0.25) is 0 Å². The van der Waals surface area contributed by atoms with Crippen LogP contribution >= 0.6 is 0 Å². The smallest absolute Gasteiger partial charge is 0.154 e. The first-order chi connectivity index (χ1) is 8.75. The molecule has 0 saturated carbocycles. The molecule has 0 bridgehead atoms. The Bertz CT molecular complexity index is 523. The number of benzene rings is 1. The second-order valence-electron chi connectivity index (χ2n) is 5.11. The minimum absolute atomic E-state index is 0.316. The van der Waals surface area contributed by atoms with Gasteiger partial charge in [0.15, 0.2) is 9.84 Å². The molecule has 0 aromatic heterocycles. The van der Waals surface area contributed by atoms with E-state index in [1.165, 1.54) is 6.26 Å². The number of ether oxygens (including phenoxy) is 1. The van der Waals surface area contributed by atoms with E-state index in [1.54, 1.807) is 21.0 Å². The Morgan fingerprint density at radius 2 is 1.89 bits per heavy atom. The summed E-state index contributed by atoms with van der Waals surface area (Å²) in [5, 5.41) is 3.26. The molecule has 0 spiro atoms.